The van der Waals surface area contributed by atoms with E-state index in [0.717, 1.165) is 5.56 Å². The van der Waals surface area contributed by atoms with E-state index in [4.69, 9.17) is 10.00 Å². The zero-order valence-corrected chi connectivity index (χ0v) is 16.2. The van der Waals surface area contributed by atoms with Crippen LogP contribution < -0.4 is 10.1 Å². The number of halogens is 2. The van der Waals surface area contributed by atoms with Crippen LogP contribution in [0.25, 0.3) is 0 Å². The maximum atomic E-state index is 13.2. The molecule has 0 aromatic heterocycles. The quantitative estimate of drug-likeness (QED) is 0.524. The molecule has 1 amide bonds. The molecule has 0 saturated carbocycles. The Bertz CT molecular complexity index is 1030. The fourth-order valence-corrected chi connectivity index (χ4v) is 3.16. The van der Waals surface area contributed by atoms with Gasteiger partial charge in [-0.3, -0.25) is 4.79 Å². The number of amides is 1. The third-order valence-corrected chi connectivity index (χ3v) is 4.62. The molecule has 1 N–H and O–H groups in total. The highest BCUT2D eigenvalue weighted by Crippen LogP contribution is 2.21. The summed E-state index contributed by atoms with van der Waals surface area (Å²) in [4.78, 5) is 12.4. The molecule has 0 aliphatic rings. The SMILES string of the molecule is N#Cc1cccc(COc2cccc(NC(=O)c3ccc(F)cc3I)c2)c1. The Balaban J connectivity index is 1.68. The zero-order chi connectivity index (χ0) is 19.2. The van der Waals surface area contributed by atoms with Crippen molar-refractivity contribution in [2.75, 3.05) is 5.32 Å². The van der Waals surface area contributed by atoms with Crippen molar-refractivity contribution >= 4 is 34.2 Å². The maximum absolute atomic E-state index is 13.2. The Hall–Kier alpha value is -2.92. The molecule has 0 unspecified atom stereocenters. The van der Waals surface area contributed by atoms with Crippen LogP contribution >= 0.6 is 22.6 Å². The van der Waals surface area contributed by atoms with Crippen molar-refractivity contribution in [3.8, 4) is 11.8 Å². The standard InChI is InChI=1S/C21H14FIN2O2/c22-16-7-8-19(20(23)10-16)21(26)25-17-5-2-6-18(11-17)27-13-15-4-1-3-14(9-15)12-24/h1-11H,13H2,(H,25,26). The van der Waals surface area contributed by atoms with Gasteiger partial charge >= 0.3 is 0 Å². The summed E-state index contributed by atoms with van der Waals surface area (Å²) in [5.74, 6) is -0.117. The van der Waals surface area contributed by atoms with Crippen molar-refractivity contribution in [3.05, 3.63) is 92.8 Å². The summed E-state index contributed by atoms with van der Waals surface area (Å²) < 4.78 is 19.5. The highest BCUT2D eigenvalue weighted by Gasteiger charge is 2.11. The van der Waals surface area contributed by atoms with Gasteiger partial charge in [0.15, 0.2) is 0 Å². The molecule has 0 spiro atoms. The van der Waals surface area contributed by atoms with E-state index in [2.05, 4.69) is 11.4 Å². The van der Waals surface area contributed by atoms with E-state index in [1.807, 2.05) is 28.7 Å². The van der Waals surface area contributed by atoms with Gasteiger partial charge in [-0.05, 0) is 70.6 Å². The molecule has 0 fully saturated rings. The summed E-state index contributed by atoms with van der Waals surface area (Å²) in [6.45, 7) is 0.308. The van der Waals surface area contributed by atoms with Gasteiger partial charge in [-0.25, -0.2) is 4.39 Å². The predicted molar refractivity (Wildman–Crippen MR) is 109 cm³/mol. The fourth-order valence-electron chi connectivity index (χ4n) is 2.43. The van der Waals surface area contributed by atoms with Crippen molar-refractivity contribution in [2.45, 2.75) is 6.61 Å². The van der Waals surface area contributed by atoms with E-state index >= 15 is 0 Å². The molecular formula is C21H14FIN2O2. The van der Waals surface area contributed by atoms with Gasteiger partial charge in [0.05, 0.1) is 17.2 Å². The molecule has 6 heteroatoms. The van der Waals surface area contributed by atoms with Crippen LogP contribution in [0.4, 0.5) is 10.1 Å². The van der Waals surface area contributed by atoms with Gasteiger partial charge in [-0.2, -0.15) is 5.26 Å². The van der Waals surface area contributed by atoms with E-state index in [1.165, 1.54) is 18.2 Å². The molecule has 3 aromatic carbocycles. The van der Waals surface area contributed by atoms with Gasteiger partial charge in [0.2, 0.25) is 0 Å². The molecule has 0 aliphatic heterocycles. The topological polar surface area (TPSA) is 62.1 Å². The summed E-state index contributed by atoms with van der Waals surface area (Å²) in [5.41, 5.74) is 2.43. The number of nitrogens with one attached hydrogen (secondary N) is 1. The molecular weight excluding hydrogens is 458 g/mol. The lowest BCUT2D eigenvalue weighted by molar-refractivity contribution is 0.102. The van der Waals surface area contributed by atoms with Crippen molar-refractivity contribution in [1.29, 1.82) is 5.26 Å². The first kappa shape index (κ1) is 18.9. The fraction of sp³-hybridized carbons (Fsp3) is 0.0476. The number of anilines is 1. The molecule has 3 rings (SSSR count). The van der Waals surface area contributed by atoms with Crippen molar-refractivity contribution in [2.24, 2.45) is 0 Å². The van der Waals surface area contributed by atoms with Crippen molar-refractivity contribution in [3.63, 3.8) is 0 Å². The molecule has 0 saturated heterocycles. The molecule has 0 radical (unpaired) electrons. The summed E-state index contributed by atoms with van der Waals surface area (Å²) in [6.07, 6.45) is 0. The van der Waals surface area contributed by atoms with Gasteiger partial charge < -0.3 is 10.1 Å². The first-order chi connectivity index (χ1) is 13.0. The first-order valence-corrected chi connectivity index (χ1v) is 9.11. The minimum absolute atomic E-state index is 0.308. The minimum atomic E-state index is -0.383. The van der Waals surface area contributed by atoms with E-state index in [9.17, 15) is 9.18 Å². The molecule has 0 atom stereocenters. The largest absolute Gasteiger partial charge is 0.489 e. The normalized spacial score (nSPS) is 10.1. The molecule has 0 aliphatic carbocycles. The van der Waals surface area contributed by atoms with Crippen LogP contribution in [-0.4, -0.2) is 5.91 Å². The number of carbonyl (C=O) groups excluding carboxylic acids is 1. The van der Waals surface area contributed by atoms with Crippen molar-refractivity contribution < 1.29 is 13.9 Å². The van der Waals surface area contributed by atoms with Crippen LogP contribution in [0.5, 0.6) is 5.75 Å². The van der Waals surface area contributed by atoms with Crippen LogP contribution in [0.3, 0.4) is 0 Å². The average molecular weight is 472 g/mol. The second-order valence-electron chi connectivity index (χ2n) is 5.71. The number of hydrogen-bond acceptors (Lipinski definition) is 3. The first-order valence-electron chi connectivity index (χ1n) is 8.03. The zero-order valence-electron chi connectivity index (χ0n) is 14.1. The van der Waals surface area contributed by atoms with Crippen LogP contribution in [0.2, 0.25) is 0 Å². The second-order valence-corrected chi connectivity index (χ2v) is 6.87. The molecule has 0 heterocycles. The van der Waals surface area contributed by atoms with Gasteiger partial charge in [-0.1, -0.05) is 18.2 Å². The predicted octanol–water partition coefficient (Wildman–Crippen LogP) is 5.13. The lowest BCUT2D eigenvalue weighted by Crippen LogP contribution is -2.13. The third-order valence-electron chi connectivity index (χ3n) is 3.73. The van der Waals surface area contributed by atoms with E-state index < -0.39 is 0 Å². The number of hydrogen-bond donors (Lipinski definition) is 1. The smallest absolute Gasteiger partial charge is 0.256 e. The monoisotopic (exact) mass is 472 g/mol. The average Bonchev–Trinajstić information content (AvgIpc) is 2.66. The summed E-state index contributed by atoms with van der Waals surface area (Å²) in [6, 6.07) is 20.3. The van der Waals surface area contributed by atoms with Gasteiger partial charge in [0.1, 0.15) is 18.2 Å². The molecule has 27 heavy (non-hydrogen) atoms. The Morgan fingerprint density at radius 1 is 1.11 bits per heavy atom. The van der Waals surface area contributed by atoms with Crippen LogP contribution in [-0.2, 0) is 6.61 Å². The summed E-state index contributed by atoms with van der Waals surface area (Å²) in [5, 5.41) is 11.7. The highest BCUT2D eigenvalue weighted by atomic mass is 127. The number of ether oxygens (including phenoxy) is 1. The van der Waals surface area contributed by atoms with Crippen molar-refractivity contribution in [1.82, 2.24) is 0 Å². The maximum Gasteiger partial charge on any atom is 0.256 e. The second kappa shape index (κ2) is 8.64. The molecule has 0 bridgehead atoms. The van der Waals surface area contributed by atoms with E-state index in [0.29, 0.717) is 32.7 Å². The van der Waals surface area contributed by atoms with Gasteiger partial charge in [0.25, 0.3) is 5.91 Å². The molecule has 3 aromatic rings. The number of nitriles is 1. The number of nitrogens with zero attached hydrogens (tertiary/aromatic N) is 1. The Morgan fingerprint density at radius 3 is 2.70 bits per heavy atom. The van der Waals surface area contributed by atoms with E-state index in [1.54, 1.807) is 42.5 Å². The van der Waals surface area contributed by atoms with E-state index in [-0.39, 0.29) is 11.7 Å². The lowest BCUT2D eigenvalue weighted by atomic mass is 10.1. The van der Waals surface area contributed by atoms with Gasteiger partial charge in [0, 0.05) is 15.3 Å². The summed E-state index contributed by atoms with van der Waals surface area (Å²) in [7, 11) is 0. The number of benzene rings is 3. The Morgan fingerprint density at radius 2 is 1.93 bits per heavy atom. The molecule has 4 nitrogen and oxygen atoms in total. The Labute approximate surface area is 169 Å². The van der Waals surface area contributed by atoms with Crippen LogP contribution in [0, 0.1) is 20.7 Å². The Kier molecular flexibility index (Phi) is 6.04. The highest BCUT2D eigenvalue weighted by molar-refractivity contribution is 14.1. The minimum Gasteiger partial charge on any atom is -0.489 e. The molecule has 134 valence electrons. The number of carbonyl (C=O) groups is 1. The third kappa shape index (κ3) is 5.05. The number of rotatable bonds is 5. The van der Waals surface area contributed by atoms with Gasteiger partial charge in [-0.15, -0.1) is 0 Å². The lowest BCUT2D eigenvalue weighted by Gasteiger charge is -2.10. The van der Waals surface area contributed by atoms with Crippen LogP contribution in [0.15, 0.2) is 66.7 Å². The summed E-state index contributed by atoms with van der Waals surface area (Å²) >= 11 is 1.93. The van der Waals surface area contributed by atoms with Crippen LogP contribution in [0.1, 0.15) is 21.5 Å².